The maximum Gasteiger partial charge on any atom is 0.270 e. The number of hydrogen-bond acceptors (Lipinski definition) is 4. The van der Waals surface area contributed by atoms with Gasteiger partial charge in [0.25, 0.3) is 5.69 Å². The first-order chi connectivity index (χ1) is 8.00. The van der Waals surface area contributed by atoms with Crippen LogP contribution in [0.3, 0.4) is 0 Å². The summed E-state index contributed by atoms with van der Waals surface area (Å²) in [6, 6.07) is 4.73. The predicted octanol–water partition coefficient (Wildman–Crippen LogP) is 3.20. The van der Waals surface area contributed by atoms with E-state index < -0.39 is 4.92 Å². The van der Waals surface area contributed by atoms with Crippen molar-refractivity contribution in [3.8, 4) is 0 Å². The Kier molecular flexibility index (Phi) is 4.90. The Morgan fingerprint density at radius 1 is 1.53 bits per heavy atom. The number of nitro benzene ring substituents is 1. The summed E-state index contributed by atoms with van der Waals surface area (Å²) in [6.07, 6.45) is 3.64. The monoisotopic (exact) mass is 251 g/mol. The molecule has 1 aromatic carbocycles. The van der Waals surface area contributed by atoms with Crippen molar-refractivity contribution < 1.29 is 9.72 Å². The molecule has 90 valence electrons. The summed E-state index contributed by atoms with van der Waals surface area (Å²) in [6.45, 7) is 3.40. The molecular formula is C12H13NO3S. The lowest BCUT2D eigenvalue weighted by atomic mass is 10.1. The lowest BCUT2D eigenvalue weighted by Crippen LogP contribution is -1.90. The summed E-state index contributed by atoms with van der Waals surface area (Å²) >= 11 is 1.21. The first-order valence-corrected chi connectivity index (χ1v) is 6.04. The molecule has 1 rings (SSSR count). The van der Waals surface area contributed by atoms with Crippen LogP contribution in [0.2, 0.25) is 0 Å². The molecule has 0 unspecified atom stereocenters. The lowest BCUT2D eigenvalue weighted by molar-refractivity contribution is -0.384. The molecule has 0 bridgehead atoms. The number of thioether (sulfide) groups is 1. The normalized spacial score (nSPS) is 10.7. The maximum absolute atomic E-state index is 10.7. The van der Waals surface area contributed by atoms with Crippen molar-refractivity contribution in [2.45, 2.75) is 13.8 Å². The van der Waals surface area contributed by atoms with Gasteiger partial charge >= 0.3 is 0 Å². The second-order valence-electron chi connectivity index (χ2n) is 3.50. The van der Waals surface area contributed by atoms with Crippen LogP contribution in [0.25, 0.3) is 6.08 Å². The molecule has 5 heteroatoms. The van der Waals surface area contributed by atoms with Crippen LogP contribution in [-0.4, -0.2) is 15.8 Å². The van der Waals surface area contributed by atoms with Gasteiger partial charge in [0.2, 0.25) is 0 Å². The van der Waals surface area contributed by atoms with Crippen LogP contribution in [0.1, 0.15) is 18.1 Å². The summed E-state index contributed by atoms with van der Waals surface area (Å²) < 4.78 is 0. The number of non-ortho nitro benzene ring substituents is 1. The smallest absolute Gasteiger partial charge is 0.270 e. The highest BCUT2D eigenvalue weighted by Gasteiger charge is 2.06. The minimum atomic E-state index is -0.416. The number of aryl methyl sites for hydroxylation is 1. The average Bonchev–Trinajstić information content (AvgIpc) is 2.25. The number of carbonyl (C=O) groups is 1. The van der Waals surface area contributed by atoms with E-state index in [4.69, 9.17) is 0 Å². The van der Waals surface area contributed by atoms with E-state index >= 15 is 0 Å². The predicted molar refractivity (Wildman–Crippen MR) is 70.0 cm³/mol. The summed E-state index contributed by atoms with van der Waals surface area (Å²) in [5.41, 5.74) is 1.86. The highest BCUT2D eigenvalue weighted by Crippen LogP contribution is 2.18. The molecule has 0 heterocycles. The van der Waals surface area contributed by atoms with Crippen LogP contribution in [0, 0.1) is 17.0 Å². The van der Waals surface area contributed by atoms with Gasteiger partial charge in [0.05, 0.1) is 4.92 Å². The first kappa shape index (κ1) is 13.4. The minimum absolute atomic E-state index is 0.0606. The van der Waals surface area contributed by atoms with Gasteiger partial charge in [-0.05, 0) is 18.1 Å². The van der Waals surface area contributed by atoms with Gasteiger partial charge in [0.15, 0.2) is 5.12 Å². The zero-order valence-electron chi connectivity index (χ0n) is 9.67. The van der Waals surface area contributed by atoms with Crippen LogP contribution in [0.5, 0.6) is 0 Å². The molecule has 0 amide bonds. The number of hydrogen-bond donors (Lipinski definition) is 0. The van der Waals surface area contributed by atoms with Gasteiger partial charge < -0.3 is 0 Å². The van der Waals surface area contributed by atoms with Crippen molar-refractivity contribution >= 4 is 28.6 Å². The van der Waals surface area contributed by atoms with Crippen molar-refractivity contribution in [2.24, 2.45) is 0 Å². The topological polar surface area (TPSA) is 60.2 Å². The van der Waals surface area contributed by atoms with Gasteiger partial charge in [0.1, 0.15) is 0 Å². The fourth-order valence-corrected chi connectivity index (χ4v) is 1.69. The Morgan fingerprint density at radius 3 is 2.82 bits per heavy atom. The second-order valence-corrected chi connectivity index (χ2v) is 4.70. The van der Waals surface area contributed by atoms with Gasteiger partial charge in [-0.15, -0.1) is 0 Å². The third-order valence-electron chi connectivity index (χ3n) is 2.15. The molecule has 0 aliphatic heterocycles. The third-order valence-corrected chi connectivity index (χ3v) is 2.92. The molecule has 0 saturated heterocycles. The van der Waals surface area contributed by atoms with E-state index in [0.717, 1.165) is 11.1 Å². The number of carbonyl (C=O) groups excluding carboxylic acids is 1. The Bertz CT molecular complexity index is 469. The van der Waals surface area contributed by atoms with E-state index in [9.17, 15) is 14.9 Å². The molecule has 17 heavy (non-hydrogen) atoms. The quantitative estimate of drug-likeness (QED) is 0.609. The van der Waals surface area contributed by atoms with E-state index in [1.165, 1.54) is 30.8 Å². The van der Waals surface area contributed by atoms with Crippen molar-refractivity contribution in [1.29, 1.82) is 0 Å². The molecule has 0 saturated carbocycles. The molecule has 0 radical (unpaired) electrons. The Hall–Kier alpha value is -1.62. The van der Waals surface area contributed by atoms with Crippen LogP contribution in [-0.2, 0) is 4.79 Å². The zero-order valence-corrected chi connectivity index (χ0v) is 10.5. The number of nitro groups is 1. The number of nitrogens with zero attached hydrogens (tertiary/aromatic N) is 1. The SMILES string of the molecule is CC(=O)SCC=Cc1cc([N+](=O)[O-])ccc1C. The van der Waals surface area contributed by atoms with E-state index in [0.29, 0.717) is 5.75 Å². The van der Waals surface area contributed by atoms with Crippen molar-refractivity contribution in [2.75, 3.05) is 5.75 Å². The van der Waals surface area contributed by atoms with Crippen molar-refractivity contribution in [3.63, 3.8) is 0 Å². The third kappa shape index (κ3) is 4.40. The second kappa shape index (κ2) is 6.20. The fraction of sp³-hybridized carbons (Fsp3) is 0.250. The summed E-state index contributed by atoms with van der Waals surface area (Å²) in [5, 5.41) is 10.7. The minimum Gasteiger partial charge on any atom is -0.288 e. The van der Waals surface area contributed by atoms with Crippen LogP contribution >= 0.6 is 11.8 Å². The molecule has 4 nitrogen and oxygen atoms in total. The van der Waals surface area contributed by atoms with E-state index in [-0.39, 0.29) is 10.8 Å². The molecular weight excluding hydrogens is 238 g/mol. The van der Waals surface area contributed by atoms with Crippen LogP contribution < -0.4 is 0 Å². The van der Waals surface area contributed by atoms with E-state index in [1.54, 1.807) is 12.1 Å². The lowest BCUT2D eigenvalue weighted by Gasteiger charge is -1.99. The molecule has 0 N–H and O–H groups in total. The molecule has 0 aliphatic rings. The Balaban J connectivity index is 2.79. The molecule has 0 fully saturated rings. The van der Waals surface area contributed by atoms with Gasteiger partial charge in [0, 0.05) is 24.8 Å². The molecule has 1 aromatic rings. The summed E-state index contributed by atoms with van der Waals surface area (Å²) in [5.74, 6) is 0.581. The zero-order chi connectivity index (χ0) is 12.8. The Morgan fingerprint density at radius 2 is 2.24 bits per heavy atom. The maximum atomic E-state index is 10.7. The number of rotatable bonds is 4. The first-order valence-electron chi connectivity index (χ1n) is 5.05. The Labute approximate surface area is 104 Å². The van der Waals surface area contributed by atoms with Crippen molar-refractivity contribution in [3.05, 3.63) is 45.5 Å². The highest BCUT2D eigenvalue weighted by atomic mass is 32.2. The summed E-state index contributed by atoms with van der Waals surface area (Å²) in [4.78, 5) is 20.9. The van der Waals surface area contributed by atoms with Gasteiger partial charge in [-0.2, -0.15) is 0 Å². The molecule has 0 atom stereocenters. The standard InChI is InChI=1S/C12H13NO3S/c1-9-5-6-12(13(15)16)8-11(9)4-3-7-17-10(2)14/h3-6,8H,7H2,1-2H3. The summed E-state index contributed by atoms with van der Waals surface area (Å²) in [7, 11) is 0. The molecule has 0 aliphatic carbocycles. The molecule has 0 spiro atoms. The van der Waals surface area contributed by atoms with Gasteiger partial charge in [-0.25, -0.2) is 0 Å². The molecule has 0 aromatic heterocycles. The van der Waals surface area contributed by atoms with Crippen molar-refractivity contribution in [1.82, 2.24) is 0 Å². The fourth-order valence-electron chi connectivity index (χ4n) is 1.26. The van der Waals surface area contributed by atoms with E-state index in [2.05, 4.69) is 0 Å². The van der Waals surface area contributed by atoms with Gasteiger partial charge in [-0.3, -0.25) is 14.9 Å². The van der Waals surface area contributed by atoms with Gasteiger partial charge in [-0.1, -0.05) is 30.0 Å². The average molecular weight is 251 g/mol. The van der Waals surface area contributed by atoms with Crippen LogP contribution in [0.15, 0.2) is 24.3 Å². The van der Waals surface area contributed by atoms with Crippen LogP contribution in [0.4, 0.5) is 5.69 Å². The highest BCUT2D eigenvalue weighted by molar-refractivity contribution is 8.13. The largest absolute Gasteiger partial charge is 0.288 e. The number of benzene rings is 1. The van der Waals surface area contributed by atoms with E-state index in [1.807, 2.05) is 13.0 Å².